The van der Waals surface area contributed by atoms with Gasteiger partial charge < -0.3 is 5.32 Å². The highest BCUT2D eigenvalue weighted by atomic mass is 32.2. The lowest BCUT2D eigenvalue weighted by molar-refractivity contribution is -0.118. The quantitative estimate of drug-likeness (QED) is 0.677. The van der Waals surface area contributed by atoms with Crippen LogP contribution in [0.3, 0.4) is 0 Å². The second-order valence-electron chi connectivity index (χ2n) is 8.49. The van der Waals surface area contributed by atoms with Gasteiger partial charge in [-0.05, 0) is 47.1 Å². The lowest BCUT2D eigenvalue weighted by Gasteiger charge is -2.35. The third kappa shape index (κ3) is 6.90. The lowest BCUT2D eigenvalue weighted by atomic mass is 9.91. The molecular formula is C25H31N3OS. The van der Waals surface area contributed by atoms with Crippen molar-refractivity contribution in [3.63, 3.8) is 0 Å². The van der Waals surface area contributed by atoms with Gasteiger partial charge in [0, 0.05) is 31.9 Å². The fraction of sp³-hybridized carbons (Fsp3) is 0.440. The number of nitriles is 1. The van der Waals surface area contributed by atoms with Crippen molar-refractivity contribution in [3.05, 3.63) is 70.8 Å². The minimum absolute atomic E-state index is 0.0589. The molecule has 158 valence electrons. The van der Waals surface area contributed by atoms with Crippen LogP contribution >= 0.6 is 11.8 Å². The Hall–Kier alpha value is -2.29. The van der Waals surface area contributed by atoms with E-state index in [0.717, 1.165) is 42.8 Å². The fourth-order valence-corrected chi connectivity index (χ4v) is 5.05. The highest BCUT2D eigenvalue weighted by molar-refractivity contribution is 7.99. The van der Waals surface area contributed by atoms with E-state index in [1.807, 2.05) is 30.3 Å². The van der Waals surface area contributed by atoms with Crippen molar-refractivity contribution in [2.24, 2.45) is 11.8 Å². The van der Waals surface area contributed by atoms with Crippen molar-refractivity contribution in [1.29, 1.82) is 5.26 Å². The molecule has 2 unspecified atom stereocenters. The van der Waals surface area contributed by atoms with Crippen LogP contribution in [0.25, 0.3) is 0 Å². The second-order valence-corrected chi connectivity index (χ2v) is 9.47. The molecule has 1 heterocycles. The predicted molar refractivity (Wildman–Crippen MR) is 124 cm³/mol. The molecule has 0 aromatic heterocycles. The van der Waals surface area contributed by atoms with Gasteiger partial charge in [0.15, 0.2) is 0 Å². The van der Waals surface area contributed by atoms with Gasteiger partial charge in [-0.1, -0.05) is 50.2 Å². The standard InChI is InChI=1S/C25H31N3OS/c1-19-11-20(2)15-28(14-19)16-24-6-4-3-5-23(24)13-27-25(29)18-30-17-22-9-7-21(12-26)8-10-22/h3-10,19-20H,11,13-18H2,1-2H3,(H,27,29). The Kier molecular flexibility index (Phi) is 8.36. The zero-order valence-corrected chi connectivity index (χ0v) is 18.8. The van der Waals surface area contributed by atoms with Crippen LogP contribution in [0, 0.1) is 23.2 Å². The molecule has 2 aromatic carbocycles. The summed E-state index contributed by atoms with van der Waals surface area (Å²) in [7, 11) is 0. The van der Waals surface area contributed by atoms with Gasteiger partial charge in [-0.25, -0.2) is 0 Å². The maximum atomic E-state index is 12.3. The Balaban J connectivity index is 1.45. The molecule has 4 nitrogen and oxygen atoms in total. The average molecular weight is 422 g/mol. The summed E-state index contributed by atoms with van der Waals surface area (Å²) in [6.07, 6.45) is 1.31. The number of carbonyl (C=O) groups is 1. The summed E-state index contributed by atoms with van der Waals surface area (Å²) in [5.41, 5.74) is 4.30. The summed E-state index contributed by atoms with van der Waals surface area (Å²) >= 11 is 1.59. The summed E-state index contributed by atoms with van der Waals surface area (Å²) in [5, 5.41) is 11.9. The third-order valence-corrected chi connectivity index (χ3v) is 6.52. The zero-order chi connectivity index (χ0) is 21.3. The second kappa shape index (κ2) is 11.2. The molecule has 30 heavy (non-hydrogen) atoms. The number of hydrogen-bond acceptors (Lipinski definition) is 4. The summed E-state index contributed by atoms with van der Waals surface area (Å²) in [5.74, 6) is 2.75. The largest absolute Gasteiger partial charge is 0.351 e. The lowest BCUT2D eigenvalue weighted by Crippen LogP contribution is -2.38. The van der Waals surface area contributed by atoms with Gasteiger partial charge in [0.25, 0.3) is 0 Å². The first-order chi connectivity index (χ1) is 14.5. The number of hydrogen-bond donors (Lipinski definition) is 1. The van der Waals surface area contributed by atoms with Crippen molar-refractivity contribution < 1.29 is 4.79 Å². The van der Waals surface area contributed by atoms with E-state index in [4.69, 9.17) is 5.26 Å². The molecule has 1 amide bonds. The van der Waals surface area contributed by atoms with Gasteiger partial charge >= 0.3 is 0 Å². The predicted octanol–water partition coefficient (Wildman–Crippen LogP) is 4.59. The number of amides is 1. The number of rotatable bonds is 8. The maximum absolute atomic E-state index is 12.3. The average Bonchev–Trinajstić information content (AvgIpc) is 2.73. The van der Waals surface area contributed by atoms with E-state index >= 15 is 0 Å². The van der Waals surface area contributed by atoms with Crippen LogP contribution in [0.15, 0.2) is 48.5 Å². The minimum Gasteiger partial charge on any atom is -0.351 e. The Morgan fingerprint density at radius 2 is 1.77 bits per heavy atom. The van der Waals surface area contributed by atoms with E-state index in [1.54, 1.807) is 11.8 Å². The molecule has 0 radical (unpaired) electrons. The molecule has 1 aliphatic rings. The van der Waals surface area contributed by atoms with E-state index in [2.05, 4.69) is 48.3 Å². The number of benzene rings is 2. The van der Waals surface area contributed by atoms with Gasteiger partial charge in [0.2, 0.25) is 5.91 Å². The molecule has 0 spiro atoms. The minimum atomic E-state index is 0.0589. The molecule has 0 bridgehead atoms. The van der Waals surface area contributed by atoms with Gasteiger partial charge in [-0.2, -0.15) is 5.26 Å². The van der Waals surface area contributed by atoms with E-state index in [9.17, 15) is 4.79 Å². The molecule has 5 heteroatoms. The SMILES string of the molecule is CC1CC(C)CN(Cc2ccccc2CNC(=O)CSCc2ccc(C#N)cc2)C1. The number of carbonyl (C=O) groups excluding carboxylic acids is 1. The Bertz CT molecular complexity index is 865. The molecule has 0 aliphatic carbocycles. The zero-order valence-electron chi connectivity index (χ0n) is 17.9. The van der Waals surface area contributed by atoms with Crippen molar-refractivity contribution in [2.45, 2.75) is 39.1 Å². The van der Waals surface area contributed by atoms with Crippen molar-refractivity contribution >= 4 is 17.7 Å². The van der Waals surface area contributed by atoms with E-state index < -0.39 is 0 Å². The van der Waals surface area contributed by atoms with Crippen LogP contribution in [-0.4, -0.2) is 29.6 Å². The Morgan fingerprint density at radius 1 is 1.10 bits per heavy atom. The molecule has 1 aliphatic heterocycles. The Labute approximate surface area is 184 Å². The summed E-state index contributed by atoms with van der Waals surface area (Å²) < 4.78 is 0. The molecule has 1 saturated heterocycles. The van der Waals surface area contributed by atoms with E-state index in [0.29, 0.717) is 17.9 Å². The molecule has 0 saturated carbocycles. The topological polar surface area (TPSA) is 56.1 Å². The molecular weight excluding hydrogens is 390 g/mol. The van der Waals surface area contributed by atoms with Gasteiger partial charge in [0.1, 0.15) is 0 Å². The van der Waals surface area contributed by atoms with Gasteiger partial charge in [-0.15, -0.1) is 11.8 Å². The first kappa shape index (κ1) is 22.4. The van der Waals surface area contributed by atoms with Crippen LogP contribution in [0.2, 0.25) is 0 Å². The molecule has 1 N–H and O–H groups in total. The maximum Gasteiger partial charge on any atom is 0.230 e. The molecule has 2 atom stereocenters. The fourth-order valence-electron chi connectivity index (χ4n) is 4.23. The van der Waals surface area contributed by atoms with Gasteiger partial charge in [-0.3, -0.25) is 9.69 Å². The van der Waals surface area contributed by atoms with Crippen molar-refractivity contribution in [3.8, 4) is 6.07 Å². The number of thioether (sulfide) groups is 1. The number of nitrogens with one attached hydrogen (secondary N) is 1. The molecule has 3 rings (SSSR count). The van der Waals surface area contributed by atoms with Gasteiger partial charge in [0.05, 0.1) is 17.4 Å². The molecule has 1 fully saturated rings. The first-order valence-corrected chi connectivity index (χ1v) is 11.8. The number of nitrogens with zero attached hydrogens (tertiary/aromatic N) is 2. The summed E-state index contributed by atoms with van der Waals surface area (Å²) in [6, 6.07) is 18.1. The third-order valence-electron chi connectivity index (χ3n) is 5.52. The van der Waals surface area contributed by atoms with Crippen LogP contribution < -0.4 is 5.32 Å². The van der Waals surface area contributed by atoms with Crippen molar-refractivity contribution in [1.82, 2.24) is 10.2 Å². The highest BCUT2D eigenvalue weighted by Crippen LogP contribution is 2.23. The van der Waals surface area contributed by atoms with Crippen LogP contribution in [0.5, 0.6) is 0 Å². The van der Waals surface area contributed by atoms with E-state index in [1.165, 1.54) is 17.5 Å². The number of likely N-dealkylation sites (tertiary alicyclic amines) is 1. The first-order valence-electron chi connectivity index (χ1n) is 10.7. The van der Waals surface area contributed by atoms with Crippen LogP contribution in [-0.2, 0) is 23.6 Å². The van der Waals surface area contributed by atoms with Crippen molar-refractivity contribution in [2.75, 3.05) is 18.8 Å². The number of piperidine rings is 1. The van der Waals surface area contributed by atoms with E-state index in [-0.39, 0.29) is 5.91 Å². The molecule has 2 aromatic rings. The highest BCUT2D eigenvalue weighted by Gasteiger charge is 2.22. The van der Waals surface area contributed by atoms with Crippen LogP contribution in [0.1, 0.15) is 42.5 Å². The normalized spacial score (nSPS) is 19.2. The monoisotopic (exact) mass is 421 g/mol. The summed E-state index contributed by atoms with van der Waals surface area (Å²) in [4.78, 5) is 14.9. The Morgan fingerprint density at radius 3 is 2.43 bits per heavy atom. The summed E-state index contributed by atoms with van der Waals surface area (Å²) in [6.45, 7) is 8.50. The van der Waals surface area contributed by atoms with Crippen LogP contribution in [0.4, 0.5) is 0 Å². The smallest absolute Gasteiger partial charge is 0.230 e.